The minimum Gasteiger partial charge on any atom is -0.505 e. The maximum Gasteiger partial charge on any atom is 0.187 e. The first-order chi connectivity index (χ1) is 14.0. The van der Waals surface area contributed by atoms with Crippen LogP contribution in [0.25, 0.3) is 22.3 Å². The number of hydrogen-bond donors (Lipinski definition) is 3. The lowest BCUT2D eigenvalue weighted by Gasteiger charge is -2.09. The van der Waals surface area contributed by atoms with Crippen molar-refractivity contribution < 1.29 is 9.50 Å². The molecular weight excluding hydrogens is 371 g/mol. The summed E-state index contributed by atoms with van der Waals surface area (Å²) < 4.78 is 13.8. The Balaban J connectivity index is 1.59. The van der Waals surface area contributed by atoms with Gasteiger partial charge in [0.2, 0.25) is 0 Å². The van der Waals surface area contributed by atoms with Crippen LogP contribution in [-0.4, -0.2) is 25.3 Å². The number of fused-ring (bicyclic) bond motifs is 2. The Labute approximate surface area is 164 Å². The molecule has 5 rings (SSSR count). The number of anilines is 1. The molecule has 0 bridgehead atoms. The molecule has 4 aromatic rings. The lowest BCUT2D eigenvalue weighted by atomic mass is 10.0. The summed E-state index contributed by atoms with van der Waals surface area (Å²) in [7, 11) is 0. The maximum atomic E-state index is 13.8. The first kappa shape index (κ1) is 17.1. The molecule has 0 unspecified atom stereocenters. The highest BCUT2D eigenvalue weighted by Crippen LogP contribution is 2.36. The van der Waals surface area contributed by atoms with Gasteiger partial charge in [0.1, 0.15) is 17.7 Å². The molecule has 142 valence electrons. The van der Waals surface area contributed by atoms with Crippen molar-refractivity contribution in [1.29, 1.82) is 5.26 Å². The normalized spacial score (nSPS) is 13.5. The molecule has 7 nitrogen and oxygen atoms in total. The summed E-state index contributed by atoms with van der Waals surface area (Å²) >= 11 is 0. The highest BCUT2D eigenvalue weighted by molar-refractivity contribution is 5.98. The van der Waals surface area contributed by atoms with Crippen molar-refractivity contribution >= 4 is 16.9 Å². The van der Waals surface area contributed by atoms with Gasteiger partial charge in [0, 0.05) is 11.5 Å². The molecule has 0 radical (unpaired) electrons. The number of nitrogens with zero attached hydrogens (tertiary/aromatic N) is 4. The first-order valence-electron chi connectivity index (χ1n) is 9.06. The van der Waals surface area contributed by atoms with Gasteiger partial charge in [-0.2, -0.15) is 10.4 Å². The molecule has 2 heterocycles. The number of nitriles is 1. The van der Waals surface area contributed by atoms with E-state index in [1.165, 1.54) is 23.3 Å². The van der Waals surface area contributed by atoms with Gasteiger partial charge < -0.3 is 10.8 Å². The fourth-order valence-corrected chi connectivity index (χ4v) is 3.94. The molecule has 1 aliphatic carbocycles. The van der Waals surface area contributed by atoms with Crippen LogP contribution >= 0.6 is 0 Å². The minimum atomic E-state index is -0.965. The minimum absolute atomic E-state index is 0.124. The number of rotatable bonds is 2. The average Bonchev–Trinajstić information content (AvgIpc) is 3.34. The van der Waals surface area contributed by atoms with Gasteiger partial charge in [-0.15, -0.1) is 0 Å². The second kappa shape index (κ2) is 6.27. The van der Waals surface area contributed by atoms with Gasteiger partial charge in [0.05, 0.1) is 16.6 Å². The number of nitrogens with two attached hydrogens (primary N) is 1. The zero-order valence-electron chi connectivity index (χ0n) is 15.1. The van der Waals surface area contributed by atoms with Crippen molar-refractivity contribution in [3.05, 3.63) is 64.7 Å². The predicted molar refractivity (Wildman–Crippen MR) is 104 cm³/mol. The molecule has 8 heteroatoms. The first-order valence-corrected chi connectivity index (χ1v) is 9.06. The highest BCUT2D eigenvalue weighted by atomic mass is 19.1. The molecular formula is C21H15FN6O. The summed E-state index contributed by atoms with van der Waals surface area (Å²) in [4.78, 5) is 9.11. The SMILES string of the molecule is N#Cc1cc(-c2[nH]nc3nc(C4Cc5ccccc5C4)nc(N)c23)cc(O)c1F. The molecule has 2 aromatic carbocycles. The van der Waals surface area contributed by atoms with Crippen LogP contribution in [-0.2, 0) is 12.8 Å². The molecule has 0 fully saturated rings. The Bertz CT molecular complexity index is 1300. The van der Waals surface area contributed by atoms with Crippen LogP contribution in [0.5, 0.6) is 5.75 Å². The van der Waals surface area contributed by atoms with E-state index in [0.29, 0.717) is 28.1 Å². The fourth-order valence-electron chi connectivity index (χ4n) is 3.94. The van der Waals surface area contributed by atoms with E-state index in [4.69, 9.17) is 11.0 Å². The van der Waals surface area contributed by atoms with Crippen LogP contribution in [0.4, 0.5) is 10.2 Å². The molecule has 1 aliphatic rings. The van der Waals surface area contributed by atoms with E-state index >= 15 is 0 Å². The Morgan fingerprint density at radius 1 is 1.17 bits per heavy atom. The summed E-state index contributed by atoms with van der Waals surface area (Å²) in [5, 5.41) is 26.4. The van der Waals surface area contributed by atoms with Gasteiger partial charge in [-0.25, -0.2) is 14.4 Å². The van der Waals surface area contributed by atoms with Crippen molar-refractivity contribution in [3.63, 3.8) is 0 Å². The molecule has 0 spiro atoms. The van der Waals surface area contributed by atoms with Crippen LogP contribution < -0.4 is 5.73 Å². The standard InChI is InChI=1S/C21H15FN6O/c22-17-14(9-23)7-12(8-15(17)29)18-16-19(24)25-20(26-21(16)28-27-18)13-5-10-3-1-2-4-11(10)6-13/h1-4,7-8,13,29H,5-6H2,(H3,24,25,26,27,28). The third-order valence-electron chi connectivity index (χ3n) is 5.34. The average molecular weight is 386 g/mol. The summed E-state index contributed by atoms with van der Waals surface area (Å²) in [6.45, 7) is 0. The van der Waals surface area contributed by atoms with Crippen LogP contribution in [0, 0.1) is 17.1 Å². The van der Waals surface area contributed by atoms with E-state index in [0.717, 1.165) is 12.8 Å². The highest BCUT2D eigenvalue weighted by Gasteiger charge is 2.27. The van der Waals surface area contributed by atoms with E-state index in [9.17, 15) is 9.50 Å². The number of phenolic OH excluding ortho intramolecular Hbond substituents is 1. The van der Waals surface area contributed by atoms with Gasteiger partial charge in [-0.1, -0.05) is 24.3 Å². The number of H-pyrrole nitrogens is 1. The monoisotopic (exact) mass is 386 g/mol. The molecule has 2 aromatic heterocycles. The second-order valence-electron chi connectivity index (χ2n) is 7.11. The van der Waals surface area contributed by atoms with E-state index in [1.54, 1.807) is 6.07 Å². The number of benzene rings is 2. The van der Waals surface area contributed by atoms with Crippen LogP contribution in [0.15, 0.2) is 36.4 Å². The predicted octanol–water partition coefficient (Wildman–Crippen LogP) is 3.20. The lowest BCUT2D eigenvalue weighted by Crippen LogP contribution is -2.07. The van der Waals surface area contributed by atoms with Gasteiger partial charge in [0.25, 0.3) is 0 Å². The molecule has 0 atom stereocenters. The number of nitrogen functional groups attached to an aromatic ring is 1. The summed E-state index contributed by atoms with van der Waals surface area (Å²) in [5.74, 6) is -0.593. The summed E-state index contributed by atoms with van der Waals surface area (Å²) in [6, 6.07) is 12.5. The number of aromatic amines is 1. The summed E-state index contributed by atoms with van der Waals surface area (Å²) in [5.41, 5.74) is 9.72. The number of aromatic hydroxyl groups is 1. The van der Waals surface area contributed by atoms with Gasteiger partial charge in [-0.05, 0) is 36.1 Å². The van der Waals surface area contributed by atoms with Crippen molar-refractivity contribution in [3.8, 4) is 23.1 Å². The maximum absolute atomic E-state index is 13.8. The molecule has 4 N–H and O–H groups in total. The fraction of sp³-hybridized carbons (Fsp3) is 0.143. The van der Waals surface area contributed by atoms with E-state index in [1.807, 2.05) is 12.1 Å². The van der Waals surface area contributed by atoms with Crippen molar-refractivity contribution in [1.82, 2.24) is 20.2 Å². The Hall–Kier alpha value is -3.99. The van der Waals surface area contributed by atoms with Crippen LogP contribution in [0.2, 0.25) is 0 Å². The third kappa shape index (κ3) is 2.67. The second-order valence-corrected chi connectivity index (χ2v) is 7.11. The van der Waals surface area contributed by atoms with E-state index < -0.39 is 11.6 Å². The topological polar surface area (TPSA) is 124 Å². The lowest BCUT2D eigenvalue weighted by molar-refractivity contribution is 0.432. The van der Waals surface area contributed by atoms with Crippen molar-refractivity contribution in [2.24, 2.45) is 0 Å². The van der Waals surface area contributed by atoms with E-state index in [-0.39, 0.29) is 17.3 Å². The third-order valence-corrected chi connectivity index (χ3v) is 5.34. The number of hydrogen-bond acceptors (Lipinski definition) is 6. The summed E-state index contributed by atoms with van der Waals surface area (Å²) in [6.07, 6.45) is 1.69. The van der Waals surface area contributed by atoms with Gasteiger partial charge in [0.15, 0.2) is 17.2 Å². The van der Waals surface area contributed by atoms with Crippen molar-refractivity contribution in [2.45, 2.75) is 18.8 Å². The zero-order chi connectivity index (χ0) is 20.1. The van der Waals surface area contributed by atoms with E-state index in [2.05, 4.69) is 32.3 Å². The number of aromatic nitrogens is 4. The number of phenols is 1. The van der Waals surface area contributed by atoms with Gasteiger partial charge in [-0.3, -0.25) is 5.10 Å². The largest absolute Gasteiger partial charge is 0.505 e. The van der Waals surface area contributed by atoms with Crippen LogP contribution in [0.3, 0.4) is 0 Å². The molecule has 29 heavy (non-hydrogen) atoms. The Morgan fingerprint density at radius 2 is 1.90 bits per heavy atom. The molecule has 0 saturated heterocycles. The van der Waals surface area contributed by atoms with Gasteiger partial charge >= 0.3 is 0 Å². The molecule has 0 saturated carbocycles. The number of halogens is 1. The van der Waals surface area contributed by atoms with Crippen molar-refractivity contribution in [2.75, 3.05) is 5.73 Å². The molecule has 0 amide bonds. The Morgan fingerprint density at radius 3 is 2.59 bits per heavy atom. The zero-order valence-corrected chi connectivity index (χ0v) is 15.1. The quantitative estimate of drug-likeness (QED) is 0.486. The van der Waals surface area contributed by atoms with Crippen LogP contribution in [0.1, 0.15) is 28.4 Å². The Kier molecular flexibility index (Phi) is 3.71. The smallest absolute Gasteiger partial charge is 0.187 e. The molecule has 0 aliphatic heterocycles. The number of nitrogens with one attached hydrogen (secondary N) is 1.